The van der Waals surface area contributed by atoms with Gasteiger partial charge in [-0.15, -0.1) is 0 Å². The van der Waals surface area contributed by atoms with Gasteiger partial charge in [0.15, 0.2) is 0 Å². The summed E-state index contributed by atoms with van der Waals surface area (Å²) in [6.07, 6.45) is 2.42. The zero-order chi connectivity index (χ0) is 6.62. The van der Waals surface area contributed by atoms with Crippen LogP contribution >= 0.6 is 0 Å². The van der Waals surface area contributed by atoms with Gasteiger partial charge in [-0.05, 0) is 6.08 Å². The highest BCUT2D eigenvalue weighted by molar-refractivity contribution is 6.81. The molecule has 1 nitrogen and oxygen atoms in total. The van der Waals surface area contributed by atoms with Crippen LogP contribution in [0.25, 0.3) is 0 Å². The first-order valence-electron chi connectivity index (χ1n) is 2.69. The molecule has 0 aliphatic carbocycles. The third-order valence-corrected chi connectivity index (χ3v) is 1.87. The number of hydrogen-bond donors (Lipinski definition) is 0. The quantitative estimate of drug-likeness (QED) is 0.314. The first-order chi connectivity index (χ1) is 3.56. The van der Waals surface area contributed by atoms with Crippen molar-refractivity contribution >= 4 is 14.4 Å². The number of rotatable bonds is 2. The fourth-order valence-electron chi connectivity index (χ4n) is 0.328. The van der Waals surface area contributed by atoms with E-state index in [0.717, 1.165) is 6.29 Å². The van der Waals surface area contributed by atoms with E-state index in [0.29, 0.717) is 0 Å². The van der Waals surface area contributed by atoms with Crippen molar-refractivity contribution in [2.75, 3.05) is 0 Å². The number of allylic oxidation sites excluding steroid dienone is 1. The molecule has 0 saturated carbocycles. The van der Waals surface area contributed by atoms with E-state index < -0.39 is 8.07 Å². The molecule has 0 bridgehead atoms. The maximum Gasteiger partial charge on any atom is 0.142 e. The predicted molar refractivity (Wildman–Crippen MR) is 38.5 cm³/mol. The highest BCUT2D eigenvalue weighted by Gasteiger charge is 2.05. The lowest BCUT2D eigenvalue weighted by Crippen LogP contribution is -2.15. The molecule has 0 amide bonds. The van der Waals surface area contributed by atoms with Crippen molar-refractivity contribution in [3.63, 3.8) is 0 Å². The largest absolute Gasteiger partial charge is 0.299 e. The zero-order valence-electron chi connectivity index (χ0n) is 5.64. The highest BCUT2D eigenvalue weighted by atomic mass is 28.3. The summed E-state index contributed by atoms with van der Waals surface area (Å²) in [5, 5.41) is 0. The van der Waals surface area contributed by atoms with Crippen molar-refractivity contribution in [3.05, 3.63) is 11.8 Å². The van der Waals surface area contributed by atoms with Crippen LogP contribution < -0.4 is 0 Å². The lowest BCUT2D eigenvalue weighted by Gasteiger charge is -2.05. The van der Waals surface area contributed by atoms with Gasteiger partial charge in [-0.25, -0.2) is 0 Å². The third kappa shape index (κ3) is 5.63. The summed E-state index contributed by atoms with van der Waals surface area (Å²) in [5.74, 6) is 0. The molecule has 0 aromatic heterocycles. The Balaban J connectivity index is 3.69. The zero-order valence-corrected chi connectivity index (χ0v) is 6.64. The number of carbonyl (C=O) groups is 1. The van der Waals surface area contributed by atoms with E-state index in [1.807, 2.05) is 5.70 Å². The molecule has 0 aromatic rings. The molecule has 2 heteroatoms. The van der Waals surface area contributed by atoms with Gasteiger partial charge in [-0.3, -0.25) is 4.79 Å². The van der Waals surface area contributed by atoms with Crippen LogP contribution in [0.15, 0.2) is 11.8 Å². The van der Waals surface area contributed by atoms with E-state index in [-0.39, 0.29) is 0 Å². The highest BCUT2D eigenvalue weighted by Crippen LogP contribution is 1.99. The maximum atomic E-state index is 9.79. The SMILES string of the molecule is C[Si](C)(C)/C=C/C=O. The summed E-state index contributed by atoms with van der Waals surface area (Å²) >= 11 is 0. The minimum absolute atomic E-state index is 0.832. The standard InChI is InChI=1S/C6H12OSi/c1-8(2,3)6-4-5-7/h4-6H,1-3H3/b6-4+. The Morgan fingerprint density at radius 2 is 1.75 bits per heavy atom. The number of aldehydes is 1. The molecule has 0 saturated heterocycles. The van der Waals surface area contributed by atoms with Gasteiger partial charge in [0.25, 0.3) is 0 Å². The van der Waals surface area contributed by atoms with Gasteiger partial charge in [-0.1, -0.05) is 25.3 Å². The molecule has 0 spiro atoms. The molecule has 46 valence electrons. The Morgan fingerprint density at radius 1 is 1.25 bits per heavy atom. The maximum absolute atomic E-state index is 9.79. The topological polar surface area (TPSA) is 17.1 Å². The van der Waals surface area contributed by atoms with Crippen LogP contribution in [-0.4, -0.2) is 14.4 Å². The monoisotopic (exact) mass is 128 g/mol. The molecule has 0 aliphatic heterocycles. The van der Waals surface area contributed by atoms with Gasteiger partial charge in [0.05, 0.1) is 8.07 Å². The molecule has 8 heavy (non-hydrogen) atoms. The van der Waals surface area contributed by atoms with E-state index in [1.165, 1.54) is 0 Å². The van der Waals surface area contributed by atoms with Crippen molar-refractivity contribution in [1.29, 1.82) is 0 Å². The Kier molecular flexibility index (Phi) is 2.69. The van der Waals surface area contributed by atoms with Crippen LogP contribution in [0.5, 0.6) is 0 Å². The summed E-state index contributed by atoms with van der Waals surface area (Å²) in [6.45, 7) is 6.56. The Bertz CT molecular complexity index is 99.6. The average Bonchev–Trinajstić information content (AvgIpc) is 1.59. The van der Waals surface area contributed by atoms with Crippen molar-refractivity contribution < 1.29 is 4.79 Å². The molecular weight excluding hydrogens is 116 g/mol. The third-order valence-electron chi connectivity index (χ3n) is 0.675. The molecule has 0 rings (SSSR count). The van der Waals surface area contributed by atoms with E-state index >= 15 is 0 Å². The minimum atomic E-state index is -1.09. The molecule has 0 unspecified atom stereocenters. The second-order valence-corrected chi connectivity index (χ2v) is 7.93. The smallest absolute Gasteiger partial charge is 0.142 e. The van der Waals surface area contributed by atoms with E-state index in [2.05, 4.69) is 19.6 Å². The second kappa shape index (κ2) is 2.82. The van der Waals surface area contributed by atoms with Gasteiger partial charge in [0, 0.05) is 0 Å². The van der Waals surface area contributed by atoms with Crippen LogP contribution in [-0.2, 0) is 4.79 Å². The van der Waals surface area contributed by atoms with Crippen LogP contribution in [0.2, 0.25) is 19.6 Å². The lowest BCUT2D eigenvalue weighted by atomic mass is 10.7. The summed E-state index contributed by atoms with van der Waals surface area (Å²) in [7, 11) is -1.09. The van der Waals surface area contributed by atoms with E-state index in [1.54, 1.807) is 6.08 Å². The van der Waals surface area contributed by atoms with Gasteiger partial charge >= 0.3 is 0 Å². The predicted octanol–water partition coefficient (Wildman–Crippen LogP) is 1.62. The Labute approximate surface area is 51.4 Å². The van der Waals surface area contributed by atoms with Crippen LogP contribution in [0, 0.1) is 0 Å². The molecule has 0 atom stereocenters. The Hall–Kier alpha value is -0.373. The molecule has 0 aliphatic rings. The van der Waals surface area contributed by atoms with Crippen molar-refractivity contribution in [3.8, 4) is 0 Å². The Morgan fingerprint density at radius 3 is 1.88 bits per heavy atom. The first kappa shape index (κ1) is 7.63. The summed E-state index contributed by atoms with van der Waals surface area (Å²) < 4.78 is 0. The average molecular weight is 128 g/mol. The summed E-state index contributed by atoms with van der Waals surface area (Å²) in [4.78, 5) is 9.79. The molecule has 0 N–H and O–H groups in total. The van der Waals surface area contributed by atoms with Crippen molar-refractivity contribution in [2.24, 2.45) is 0 Å². The fraction of sp³-hybridized carbons (Fsp3) is 0.500. The van der Waals surface area contributed by atoms with Gasteiger partial charge in [-0.2, -0.15) is 0 Å². The van der Waals surface area contributed by atoms with Crippen molar-refractivity contribution in [2.45, 2.75) is 19.6 Å². The second-order valence-electron chi connectivity index (χ2n) is 2.86. The van der Waals surface area contributed by atoms with Gasteiger partial charge in [0.1, 0.15) is 6.29 Å². The molecule has 0 fully saturated rings. The summed E-state index contributed by atoms with van der Waals surface area (Å²) in [6, 6.07) is 0. The molecule has 0 heterocycles. The van der Waals surface area contributed by atoms with Crippen LogP contribution in [0.4, 0.5) is 0 Å². The van der Waals surface area contributed by atoms with Crippen molar-refractivity contribution in [1.82, 2.24) is 0 Å². The minimum Gasteiger partial charge on any atom is -0.299 e. The van der Waals surface area contributed by atoms with E-state index in [4.69, 9.17) is 0 Å². The first-order valence-corrected chi connectivity index (χ1v) is 6.27. The molecular formula is C6H12OSi. The van der Waals surface area contributed by atoms with Crippen LogP contribution in [0.1, 0.15) is 0 Å². The number of carbonyl (C=O) groups excluding carboxylic acids is 1. The lowest BCUT2D eigenvalue weighted by molar-refractivity contribution is -0.104. The normalized spacial score (nSPS) is 12.4. The van der Waals surface area contributed by atoms with E-state index in [9.17, 15) is 4.79 Å². The van der Waals surface area contributed by atoms with Gasteiger partial charge in [0.2, 0.25) is 0 Å². The number of hydrogen-bond acceptors (Lipinski definition) is 1. The summed E-state index contributed by atoms with van der Waals surface area (Å²) in [5.41, 5.74) is 2.01. The molecule has 0 aromatic carbocycles. The van der Waals surface area contributed by atoms with Crippen LogP contribution in [0.3, 0.4) is 0 Å². The molecule has 0 radical (unpaired) electrons. The fourth-order valence-corrected chi connectivity index (χ4v) is 0.984. The van der Waals surface area contributed by atoms with Gasteiger partial charge < -0.3 is 0 Å².